The lowest BCUT2D eigenvalue weighted by Crippen LogP contribution is -1.99. The molecule has 3 rings (SSSR count). The van der Waals surface area contributed by atoms with Crippen LogP contribution in [0, 0.1) is 6.92 Å². The Bertz CT molecular complexity index is 799. The molecular weight excluding hydrogens is 262 g/mol. The fraction of sp³-hybridized carbons (Fsp3) is 0.176. The van der Waals surface area contributed by atoms with Crippen LogP contribution in [0.3, 0.4) is 0 Å². The summed E-state index contributed by atoms with van der Waals surface area (Å²) in [6.45, 7) is 2.06. The summed E-state index contributed by atoms with van der Waals surface area (Å²) in [5, 5.41) is 13.9. The van der Waals surface area contributed by atoms with Crippen molar-refractivity contribution in [1.82, 2.24) is 10.2 Å². The Morgan fingerprint density at radius 3 is 2.48 bits per heavy atom. The summed E-state index contributed by atoms with van der Waals surface area (Å²) in [5.41, 5.74) is 2.96. The molecule has 3 aromatic rings. The lowest BCUT2D eigenvalue weighted by molar-refractivity contribution is 0.416. The van der Waals surface area contributed by atoms with Gasteiger partial charge in [-0.05, 0) is 19.1 Å². The number of aryl methyl sites for hydroxylation is 1. The van der Waals surface area contributed by atoms with Crippen molar-refractivity contribution in [1.29, 1.82) is 0 Å². The highest BCUT2D eigenvalue weighted by molar-refractivity contribution is 6.00. The molecule has 0 saturated heterocycles. The lowest BCUT2D eigenvalue weighted by Gasteiger charge is -2.12. The molecule has 106 valence electrons. The lowest BCUT2D eigenvalue weighted by atomic mass is 10.0. The molecule has 4 heteroatoms. The molecule has 0 fully saturated rings. The molecule has 0 unspecified atom stereocenters. The molecule has 0 spiro atoms. The molecule has 0 amide bonds. The van der Waals surface area contributed by atoms with Gasteiger partial charge in [0, 0.05) is 23.4 Å². The summed E-state index contributed by atoms with van der Waals surface area (Å²) >= 11 is 0. The second kappa shape index (κ2) is 5.40. The van der Waals surface area contributed by atoms with E-state index in [1.807, 2.05) is 37.4 Å². The van der Waals surface area contributed by atoms with Crippen LogP contribution < -0.4 is 10.1 Å². The third-order valence-corrected chi connectivity index (χ3v) is 3.53. The Morgan fingerprint density at radius 1 is 1.00 bits per heavy atom. The van der Waals surface area contributed by atoms with Crippen molar-refractivity contribution < 1.29 is 4.74 Å². The van der Waals surface area contributed by atoms with Crippen LogP contribution in [0.5, 0.6) is 5.75 Å². The van der Waals surface area contributed by atoms with Gasteiger partial charge in [0.05, 0.1) is 7.11 Å². The standard InChI is InChI=1S/C17H17N3O/c1-11-8-9-15(21-3)14(10-11)16-12-6-4-5-7-13(12)17(18-2)20-19-16/h4-10H,1-3H3,(H,18,20). The summed E-state index contributed by atoms with van der Waals surface area (Å²) in [7, 11) is 3.52. The van der Waals surface area contributed by atoms with E-state index in [-0.39, 0.29) is 0 Å². The number of ether oxygens (including phenoxy) is 1. The van der Waals surface area contributed by atoms with Crippen molar-refractivity contribution in [3.63, 3.8) is 0 Å². The molecule has 0 aliphatic heterocycles. The van der Waals surface area contributed by atoms with Gasteiger partial charge in [0.15, 0.2) is 5.82 Å². The summed E-state index contributed by atoms with van der Waals surface area (Å²) in [6.07, 6.45) is 0. The van der Waals surface area contributed by atoms with Crippen molar-refractivity contribution in [2.24, 2.45) is 0 Å². The zero-order chi connectivity index (χ0) is 14.8. The molecule has 1 N–H and O–H groups in total. The number of hydrogen-bond acceptors (Lipinski definition) is 4. The minimum atomic E-state index is 0.779. The van der Waals surface area contributed by atoms with Crippen molar-refractivity contribution in [3.05, 3.63) is 48.0 Å². The van der Waals surface area contributed by atoms with Gasteiger partial charge in [-0.25, -0.2) is 0 Å². The minimum absolute atomic E-state index is 0.779. The van der Waals surface area contributed by atoms with Gasteiger partial charge < -0.3 is 10.1 Å². The predicted octanol–water partition coefficient (Wildman–Crippen LogP) is 3.66. The van der Waals surface area contributed by atoms with Crippen LogP contribution in [0.4, 0.5) is 5.82 Å². The van der Waals surface area contributed by atoms with E-state index in [2.05, 4.69) is 34.6 Å². The van der Waals surface area contributed by atoms with Crippen molar-refractivity contribution in [2.75, 3.05) is 19.5 Å². The highest BCUT2D eigenvalue weighted by atomic mass is 16.5. The monoisotopic (exact) mass is 279 g/mol. The van der Waals surface area contributed by atoms with Crippen molar-refractivity contribution >= 4 is 16.6 Å². The van der Waals surface area contributed by atoms with Gasteiger partial charge in [0.25, 0.3) is 0 Å². The van der Waals surface area contributed by atoms with Crippen LogP contribution in [-0.4, -0.2) is 24.4 Å². The molecule has 4 nitrogen and oxygen atoms in total. The maximum absolute atomic E-state index is 5.48. The van der Waals surface area contributed by atoms with Gasteiger partial charge in [-0.15, -0.1) is 10.2 Å². The third kappa shape index (κ3) is 2.29. The van der Waals surface area contributed by atoms with E-state index in [4.69, 9.17) is 4.74 Å². The number of methoxy groups -OCH3 is 1. The Kier molecular flexibility index (Phi) is 3.44. The SMILES string of the molecule is CNc1nnc(-c2cc(C)ccc2OC)c2ccccc12. The highest BCUT2D eigenvalue weighted by Crippen LogP contribution is 2.35. The second-order valence-corrected chi connectivity index (χ2v) is 4.90. The number of nitrogens with one attached hydrogen (secondary N) is 1. The molecule has 0 aliphatic rings. The molecule has 0 saturated carbocycles. The number of nitrogens with zero attached hydrogens (tertiary/aromatic N) is 2. The molecule has 21 heavy (non-hydrogen) atoms. The summed E-state index contributed by atoms with van der Waals surface area (Å²) in [6, 6.07) is 14.2. The third-order valence-electron chi connectivity index (χ3n) is 3.53. The van der Waals surface area contributed by atoms with Gasteiger partial charge in [0.1, 0.15) is 11.4 Å². The fourth-order valence-corrected chi connectivity index (χ4v) is 2.49. The maximum atomic E-state index is 5.48. The van der Waals surface area contributed by atoms with Crippen LogP contribution in [0.15, 0.2) is 42.5 Å². The first kappa shape index (κ1) is 13.4. The zero-order valence-electron chi connectivity index (χ0n) is 12.3. The number of anilines is 1. The Balaban J connectivity index is 2.34. The Morgan fingerprint density at radius 2 is 1.76 bits per heavy atom. The van der Waals surface area contributed by atoms with Gasteiger partial charge in [-0.3, -0.25) is 0 Å². The van der Waals surface area contributed by atoms with E-state index in [0.29, 0.717) is 0 Å². The molecule has 0 aliphatic carbocycles. The molecule has 1 aromatic heterocycles. The Hall–Kier alpha value is -2.62. The average Bonchev–Trinajstić information content (AvgIpc) is 2.53. The van der Waals surface area contributed by atoms with Crippen LogP contribution in [-0.2, 0) is 0 Å². The van der Waals surface area contributed by atoms with Gasteiger partial charge >= 0.3 is 0 Å². The summed E-state index contributed by atoms with van der Waals surface area (Å²) < 4.78 is 5.48. The number of rotatable bonds is 3. The van der Waals surface area contributed by atoms with E-state index in [1.54, 1.807) is 7.11 Å². The van der Waals surface area contributed by atoms with Crippen molar-refractivity contribution in [2.45, 2.75) is 6.92 Å². The topological polar surface area (TPSA) is 47.0 Å². The summed E-state index contributed by atoms with van der Waals surface area (Å²) in [5.74, 6) is 1.58. The fourth-order valence-electron chi connectivity index (χ4n) is 2.49. The quantitative estimate of drug-likeness (QED) is 0.795. The second-order valence-electron chi connectivity index (χ2n) is 4.90. The molecule has 0 bridgehead atoms. The summed E-state index contributed by atoms with van der Waals surface area (Å²) in [4.78, 5) is 0. The van der Waals surface area contributed by atoms with Gasteiger partial charge in [0.2, 0.25) is 0 Å². The molecule has 0 atom stereocenters. The normalized spacial score (nSPS) is 10.6. The average molecular weight is 279 g/mol. The van der Waals surface area contributed by atoms with E-state index in [0.717, 1.165) is 39.2 Å². The number of aromatic nitrogens is 2. The first-order valence-corrected chi connectivity index (χ1v) is 6.82. The van der Waals surface area contributed by atoms with Gasteiger partial charge in [-0.2, -0.15) is 0 Å². The minimum Gasteiger partial charge on any atom is -0.496 e. The van der Waals surface area contributed by atoms with E-state index >= 15 is 0 Å². The predicted molar refractivity (Wildman–Crippen MR) is 85.8 cm³/mol. The molecule has 0 radical (unpaired) electrons. The van der Waals surface area contributed by atoms with Crippen LogP contribution in [0.25, 0.3) is 22.0 Å². The zero-order valence-corrected chi connectivity index (χ0v) is 12.3. The number of hydrogen-bond donors (Lipinski definition) is 1. The van der Waals surface area contributed by atoms with Crippen molar-refractivity contribution in [3.8, 4) is 17.0 Å². The van der Waals surface area contributed by atoms with Gasteiger partial charge in [-0.1, -0.05) is 35.9 Å². The van der Waals surface area contributed by atoms with Crippen LogP contribution >= 0.6 is 0 Å². The van der Waals surface area contributed by atoms with Crippen LogP contribution in [0.2, 0.25) is 0 Å². The van der Waals surface area contributed by atoms with E-state index < -0.39 is 0 Å². The maximum Gasteiger partial charge on any atom is 0.156 e. The first-order chi connectivity index (χ1) is 10.2. The first-order valence-electron chi connectivity index (χ1n) is 6.82. The smallest absolute Gasteiger partial charge is 0.156 e. The van der Waals surface area contributed by atoms with E-state index in [9.17, 15) is 0 Å². The van der Waals surface area contributed by atoms with Crippen LogP contribution in [0.1, 0.15) is 5.56 Å². The number of benzene rings is 2. The largest absolute Gasteiger partial charge is 0.496 e. The number of fused-ring (bicyclic) bond motifs is 1. The molecule has 2 aromatic carbocycles. The molecule has 1 heterocycles. The van der Waals surface area contributed by atoms with E-state index in [1.165, 1.54) is 0 Å². The highest BCUT2D eigenvalue weighted by Gasteiger charge is 2.14. The Labute approximate surface area is 123 Å². The molecular formula is C17H17N3O.